The number of benzene rings is 3. The summed E-state index contributed by atoms with van der Waals surface area (Å²) in [6.45, 7) is 2.57. The van der Waals surface area contributed by atoms with E-state index in [4.69, 9.17) is 34.6 Å². The Morgan fingerprint density at radius 1 is 0.816 bits per heavy atom. The van der Waals surface area contributed by atoms with Gasteiger partial charge < -0.3 is 32.5 Å². The van der Waals surface area contributed by atoms with Crippen molar-refractivity contribution in [1.29, 1.82) is 10.5 Å². The van der Waals surface area contributed by atoms with Crippen LogP contribution in [0.25, 0.3) is 22.5 Å². The third-order valence-corrected chi connectivity index (χ3v) is 6.45. The molecular weight excluding hydrogens is 735 g/mol. The SMILES string of the molecule is C.C1CCOC1.N#Cc1ccc(-c2cocn2)cc1.N#Cc1ccc(C(=O)CBr)cc1.NC=O.NCc1ccc(-c2cocn2)cc1.[CH3-].[Ni]. The van der Waals surface area contributed by atoms with Gasteiger partial charge in [0.25, 0.3) is 0 Å². The molecule has 1 fully saturated rings. The standard InChI is InChI=1S/C10H10N2O.C10H6N2O.C9H6BrNO.C4H8O.CH3NO.CH4.CH3.Ni/c2*11-5-8-1-3-9(4-2-8)10-6-13-7-12-10;10-5-9(12)8-3-1-7(6-11)2-4-8;1-2-4-5-3-1;2-1-3;;;/h1-4,6-7H,5,11H2;1-4,6-7H;1-4H,5H2;1-4H2;1H,(H2,2,3);1H4;1H3;/q;;;;;;-1;. The third kappa shape index (κ3) is 17.7. The number of nitrogens with two attached hydrogens (primary N) is 2. The number of nitriles is 2. The molecule has 3 heterocycles. The number of Topliss-reactive ketones (excluding diaryl/α,β-unsaturated/α-hetero) is 1. The van der Waals surface area contributed by atoms with Gasteiger partial charge in [-0.25, -0.2) is 9.97 Å². The molecule has 0 saturated carbocycles. The van der Waals surface area contributed by atoms with E-state index in [9.17, 15) is 4.79 Å². The molecule has 1 saturated heterocycles. The van der Waals surface area contributed by atoms with E-state index in [-0.39, 0.29) is 43.5 Å². The van der Waals surface area contributed by atoms with Crippen LogP contribution >= 0.6 is 15.9 Å². The number of ether oxygens (including phenoxy) is 1. The molecule has 262 valence electrons. The molecule has 0 radical (unpaired) electrons. The Hall–Kier alpha value is -4.91. The number of amides is 1. The Morgan fingerprint density at radius 3 is 1.53 bits per heavy atom. The number of aromatic nitrogens is 2. The molecule has 0 aliphatic carbocycles. The Balaban J connectivity index is 0. The summed E-state index contributed by atoms with van der Waals surface area (Å²) in [6.07, 6.45) is 8.80. The second kappa shape index (κ2) is 28.1. The van der Waals surface area contributed by atoms with Crippen molar-refractivity contribution in [2.24, 2.45) is 11.5 Å². The molecule has 0 unspecified atom stereocenters. The molecule has 3 aromatic carbocycles. The quantitative estimate of drug-likeness (QED) is 0.0610. The molecule has 0 spiro atoms. The zero-order chi connectivity index (χ0) is 33.4. The molecule has 0 bridgehead atoms. The summed E-state index contributed by atoms with van der Waals surface area (Å²) in [6, 6.07) is 25.8. The number of alkyl halides is 1. The van der Waals surface area contributed by atoms with Gasteiger partial charge in [-0.1, -0.05) is 71.9 Å². The van der Waals surface area contributed by atoms with E-state index in [0.717, 1.165) is 41.3 Å². The summed E-state index contributed by atoms with van der Waals surface area (Å²) >= 11 is 3.07. The average Bonchev–Trinajstić information content (AvgIpc) is 3.95. The van der Waals surface area contributed by atoms with Crippen molar-refractivity contribution >= 4 is 28.1 Å². The number of halogens is 1. The van der Waals surface area contributed by atoms with Crippen molar-refractivity contribution in [2.75, 3.05) is 18.5 Å². The van der Waals surface area contributed by atoms with Gasteiger partial charge in [0.2, 0.25) is 6.41 Å². The van der Waals surface area contributed by atoms with Gasteiger partial charge in [0.1, 0.15) is 23.9 Å². The predicted octanol–water partition coefficient (Wildman–Crippen LogP) is 7.13. The van der Waals surface area contributed by atoms with Crippen LogP contribution in [0.2, 0.25) is 0 Å². The van der Waals surface area contributed by atoms with Crippen LogP contribution in [0.1, 0.15) is 47.3 Å². The molecule has 4 N–H and O–H groups in total. The minimum absolute atomic E-state index is 0. The number of carbonyl (C=O) groups excluding carboxylic acids is 2. The van der Waals surface area contributed by atoms with Crippen LogP contribution in [-0.4, -0.2) is 40.7 Å². The molecule has 0 atom stereocenters. The first-order valence-corrected chi connectivity index (χ1v) is 15.0. The first-order valence-electron chi connectivity index (χ1n) is 13.9. The number of nitrogens with zero attached hydrogens (tertiary/aromatic N) is 4. The van der Waals surface area contributed by atoms with Gasteiger partial charge in [0.05, 0.1) is 28.6 Å². The summed E-state index contributed by atoms with van der Waals surface area (Å²) < 4.78 is 14.7. The number of oxazole rings is 2. The van der Waals surface area contributed by atoms with Crippen molar-refractivity contribution in [3.05, 3.63) is 128 Å². The fourth-order valence-corrected chi connectivity index (χ4v) is 3.88. The van der Waals surface area contributed by atoms with Crippen LogP contribution < -0.4 is 11.5 Å². The van der Waals surface area contributed by atoms with E-state index in [1.807, 2.05) is 42.5 Å². The fourth-order valence-electron chi connectivity index (χ4n) is 3.56. The van der Waals surface area contributed by atoms with Crippen molar-refractivity contribution in [3.8, 4) is 34.7 Å². The minimum atomic E-state index is 0. The van der Waals surface area contributed by atoms with Crippen LogP contribution in [0.4, 0.5) is 0 Å². The van der Waals surface area contributed by atoms with E-state index in [1.54, 1.807) is 48.9 Å². The monoisotopic (exact) mass is 773 g/mol. The molecule has 13 heteroatoms. The molecule has 5 aromatic rings. The van der Waals surface area contributed by atoms with Crippen LogP contribution in [0.3, 0.4) is 0 Å². The molecule has 49 heavy (non-hydrogen) atoms. The Bertz CT molecular complexity index is 1620. The van der Waals surface area contributed by atoms with E-state index >= 15 is 0 Å². The van der Waals surface area contributed by atoms with Crippen molar-refractivity contribution in [1.82, 2.24) is 9.97 Å². The fraction of sp³-hybridized carbons (Fsp3) is 0.194. The molecule has 1 aliphatic rings. The van der Waals surface area contributed by atoms with Gasteiger partial charge in [0.15, 0.2) is 18.6 Å². The van der Waals surface area contributed by atoms with Crippen molar-refractivity contribution in [2.45, 2.75) is 26.8 Å². The number of carbonyl (C=O) groups is 2. The van der Waals surface area contributed by atoms with E-state index in [1.165, 1.54) is 25.6 Å². The van der Waals surface area contributed by atoms with Crippen LogP contribution in [0, 0.1) is 30.1 Å². The Morgan fingerprint density at radius 2 is 1.22 bits per heavy atom. The second-order valence-corrected chi connectivity index (χ2v) is 9.60. The summed E-state index contributed by atoms with van der Waals surface area (Å²) in [5.41, 5.74) is 16.2. The zero-order valence-corrected chi connectivity index (χ0v) is 28.8. The minimum Gasteiger partial charge on any atom is -0.451 e. The molecule has 1 amide bonds. The maximum absolute atomic E-state index is 11.1. The third-order valence-electron chi connectivity index (χ3n) is 5.94. The Labute approximate surface area is 306 Å². The van der Waals surface area contributed by atoms with E-state index in [0.29, 0.717) is 28.6 Å². The van der Waals surface area contributed by atoms with Crippen LogP contribution in [0.5, 0.6) is 0 Å². The van der Waals surface area contributed by atoms with Gasteiger partial charge >= 0.3 is 0 Å². The van der Waals surface area contributed by atoms with Gasteiger partial charge in [-0.2, -0.15) is 10.5 Å². The van der Waals surface area contributed by atoms with Gasteiger partial charge in [-0.3, -0.25) is 9.59 Å². The van der Waals surface area contributed by atoms with Crippen molar-refractivity contribution in [3.63, 3.8) is 0 Å². The summed E-state index contributed by atoms with van der Waals surface area (Å²) in [4.78, 5) is 27.7. The van der Waals surface area contributed by atoms with Gasteiger partial charge in [-0.15, -0.1) is 0 Å². The number of hydrogen-bond donors (Lipinski definition) is 2. The largest absolute Gasteiger partial charge is 0.451 e. The number of hydrogen-bond acceptors (Lipinski definition) is 10. The molecule has 1 aliphatic heterocycles. The first-order chi connectivity index (χ1) is 22.5. The van der Waals surface area contributed by atoms with Crippen LogP contribution in [-0.2, 0) is 32.6 Å². The normalized spacial score (nSPS) is 10.1. The molecule has 6 rings (SSSR count). The molecule has 2 aromatic heterocycles. The van der Waals surface area contributed by atoms with Crippen LogP contribution in [0.15, 0.2) is 107 Å². The number of ketones is 1. The maximum atomic E-state index is 11.1. The van der Waals surface area contributed by atoms with Crippen molar-refractivity contribution < 1.29 is 39.7 Å². The second-order valence-electron chi connectivity index (χ2n) is 9.04. The summed E-state index contributed by atoms with van der Waals surface area (Å²) in [5, 5.41) is 17.4. The summed E-state index contributed by atoms with van der Waals surface area (Å²) in [7, 11) is 0. The summed E-state index contributed by atoms with van der Waals surface area (Å²) in [5.74, 6) is 0.0273. The topological polar surface area (TPSA) is 195 Å². The Kier molecular flexibility index (Phi) is 26.5. The molecule has 11 nitrogen and oxygen atoms in total. The van der Waals surface area contributed by atoms with Gasteiger partial charge in [0, 0.05) is 52.9 Å². The first kappa shape index (κ1) is 46.2. The maximum Gasteiger partial charge on any atom is 0.204 e. The zero-order valence-electron chi connectivity index (χ0n) is 26.2. The number of primary amides is 1. The number of rotatable bonds is 5. The van der Waals surface area contributed by atoms with Gasteiger partial charge in [-0.05, 0) is 42.7 Å². The smallest absolute Gasteiger partial charge is 0.204 e. The van der Waals surface area contributed by atoms with E-state index < -0.39 is 0 Å². The predicted molar refractivity (Wildman–Crippen MR) is 189 cm³/mol. The molecular formula is C36H40BrN6NiO5-. The average molecular weight is 775 g/mol. The van der Waals surface area contributed by atoms with E-state index in [2.05, 4.69) is 37.7 Å².